The van der Waals surface area contributed by atoms with Gasteiger partial charge in [0.2, 0.25) is 5.39 Å². The van der Waals surface area contributed by atoms with Crippen molar-refractivity contribution < 1.29 is 14.3 Å². The lowest BCUT2D eigenvalue weighted by molar-refractivity contribution is -0.133. The first-order valence-corrected chi connectivity index (χ1v) is 11.3. The van der Waals surface area contributed by atoms with E-state index in [1.54, 1.807) is 24.3 Å². The van der Waals surface area contributed by atoms with Crippen molar-refractivity contribution in [3.63, 3.8) is 0 Å². The lowest BCUT2D eigenvalue weighted by Gasteiger charge is -2.48. The standard InChI is InChI=1S/C26H27N2O3/c1-26-13-12-21-20-9-7-19(31-25(30)14-16-2-5-18(28-27)6-3-16)15-17(20)4-8-22(21)23(26)10-11-24(26)29/h2-3,5-7,9,15,21-23H,4,8,10-14H2,1H3/q+1/t21-,22-,23+,26+/m1/s1. The van der Waals surface area contributed by atoms with Gasteiger partial charge in [0.1, 0.15) is 11.5 Å². The number of ketones is 1. The Hall–Kier alpha value is -3.00. The summed E-state index contributed by atoms with van der Waals surface area (Å²) >= 11 is 0. The van der Waals surface area contributed by atoms with Gasteiger partial charge in [-0.15, -0.1) is 0 Å². The second kappa shape index (κ2) is 7.60. The Morgan fingerprint density at radius 3 is 2.71 bits per heavy atom. The van der Waals surface area contributed by atoms with Crippen molar-refractivity contribution in [2.45, 2.75) is 57.8 Å². The van der Waals surface area contributed by atoms with Gasteiger partial charge < -0.3 is 4.74 Å². The summed E-state index contributed by atoms with van der Waals surface area (Å²) in [6, 6.07) is 12.9. The number of nitrogens with zero attached hydrogens (tertiary/aromatic N) is 2. The van der Waals surface area contributed by atoms with Gasteiger partial charge in [-0.25, -0.2) is 0 Å². The lowest BCUT2D eigenvalue weighted by Crippen LogP contribution is -2.42. The van der Waals surface area contributed by atoms with Crippen LogP contribution in [0.1, 0.15) is 61.6 Å². The molecule has 31 heavy (non-hydrogen) atoms. The molecule has 4 atom stereocenters. The van der Waals surface area contributed by atoms with Gasteiger partial charge in [0.05, 0.1) is 6.42 Å². The Morgan fingerprint density at radius 2 is 1.94 bits per heavy atom. The fourth-order valence-electron chi connectivity index (χ4n) is 6.41. The van der Waals surface area contributed by atoms with Gasteiger partial charge >= 0.3 is 11.7 Å². The zero-order valence-electron chi connectivity index (χ0n) is 17.8. The summed E-state index contributed by atoms with van der Waals surface area (Å²) in [4.78, 5) is 28.0. The van der Waals surface area contributed by atoms with E-state index >= 15 is 0 Å². The van der Waals surface area contributed by atoms with Crippen LogP contribution in [0.5, 0.6) is 5.75 Å². The molecular formula is C26H27N2O3+. The summed E-state index contributed by atoms with van der Waals surface area (Å²) in [6.07, 6.45) is 6.14. The van der Waals surface area contributed by atoms with Crippen LogP contribution in [0, 0.1) is 22.6 Å². The fourth-order valence-corrected chi connectivity index (χ4v) is 6.41. The number of carbonyl (C=O) groups is 2. The molecule has 5 rings (SSSR count). The van der Waals surface area contributed by atoms with Crippen LogP contribution in [0.4, 0.5) is 5.69 Å². The number of diazo groups is 1. The van der Waals surface area contributed by atoms with Gasteiger partial charge in [0.15, 0.2) is 4.98 Å². The van der Waals surface area contributed by atoms with Crippen molar-refractivity contribution in [3.05, 3.63) is 64.1 Å². The Bertz CT molecular complexity index is 1080. The molecule has 0 unspecified atom stereocenters. The number of ether oxygens (including phenoxy) is 1. The van der Waals surface area contributed by atoms with Crippen molar-refractivity contribution >= 4 is 17.4 Å². The summed E-state index contributed by atoms with van der Waals surface area (Å²) < 4.78 is 5.62. The van der Waals surface area contributed by atoms with Crippen molar-refractivity contribution in [1.29, 1.82) is 5.39 Å². The maximum Gasteiger partial charge on any atom is 0.385 e. The fraction of sp³-hybridized carbons (Fsp3) is 0.462. The first kappa shape index (κ1) is 19.9. The Morgan fingerprint density at radius 1 is 1.13 bits per heavy atom. The molecule has 0 spiro atoms. The molecule has 2 aromatic rings. The van der Waals surface area contributed by atoms with E-state index in [1.807, 2.05) is 12.1 Å². The predicted molar refractivity (Wildman–Crippen MR) is 117 cm³/mol. The van der Waals surface area contributed by atoms with Crippen LogP contribution in [0.25, 0.3) is 4.98 Å². The largest absolute Gasteiger partial charge is 0.426 e. The molecule has 0 bridgehead atoms. The molecule has 0 saturated heterocycles. The molecule has 0 radical (unpaired) electrons. The number of esters is 1. The zero-order chi connectivity index (χ0) is 21.6. The van der Waals surface area contributed by atoms with Crippen LogP contribution in [-0.4, -0.2) is 11.8 Å². The number of Topliss-reactive ketones (excluding diaryl/α,β-unsaturated/α-hetero) is 1. The minimum absolute atomic E-state index is 0.0996. The second-order valence-electron chi connectivity index (χ2n) is 9.61. The van der Waals surface area contributed by atoms with E-state index in [2.05, 4.69) is 18.0 Å². The molecule has 5 heteroatoms. The summed E-state index contributed by atoms with van der Waals surface area (Å²) in [5, 5.41) is 8.76. The van der Waals surface area contributed by atoms with Crippen LogP contribution in [0.15, 0.2) is 42.5 Å². The van der Waals surface area contributed by atoms with E-state index in [0.717, 1.165) is 44.1 Å². The average molecular weight is 416 g/mol. The second-order valence-corrected chi connectivity index (χ2v) is 9.61. The van der Waals surface area contributed by atoms with Crippen molar-refractivity contribution in [2.75, 3.05) is 0 Å². The first-order chi connectivity index (χ1) is 15.0. The number of rotatable bonds is 3. The van der Waals surface area contributed by atoms with Crippen LogP contribution < -0.4 is 4.74 Å². The average Bonchev–Trinajstić information content (AvgIpc) is 3.08. The number of hydrogen-bond donors (Lipinski definition) is 0. The number of fused-ring (bicyclic) bond motifs is 5. The SMILES string of the molecule is C[C@]12CC[C@@H]3c4ccc(OC(=O)Cc5ccc([N+]#N)cc5)cc4CC[C@H]3[C@@H]1CCC2=O. The minimum atomic E-state index is -0.305. The van der Waals surface area contributed by atoms with E-state index in [9.17, 15) is 9.59 Å². The molecule has 0 heterocycles. The third-order valence-electron chi connectivity index (χ3n) is 8.04. The molecule has 0 aromatic heterocycles. The highest BCUT2D eigenvalue weighted by Gasteiger charge is 2.54. The summed E-state index contributed by atoms with van der Waals surface area (Å²) in [7, 11) is 0. The van der Waals surface area contributed by atoms with Gasteiger partial charge in [-0.2, -0.15) is 0 Å². The monoisotopic (exact) mass is 415 g/mol. The molecule has 0 amide bonds. The van der Waals surface area contributed by atoms with Crippen LogP contribution in [0.3, 0.4) is 0 Å². The molecule has 5 nitrogen and oxygen atoms in total. The molecule has 3 aliphatic rings. The Balaban J connectivity index is 1.29. The molecule has 158 valence electrons. The van der Waals surface area contributed by atoms with Crippen LogP contribution in [0.2, 0.25) is 0 Å². The van der Waals surface area contributed by atoms with Crippen molar-refractivity contribution in [1.82, 2.24) is 0 Å². The Kier molecular flexibility index (Phi) is 4.89. The maximum absolute atomic E-state index is 12.5. The molecule has 3 aliphatic carbocycles. The normalized spacial score (nSPS) is 28.8. The smallest absolute Gasteiger partial charge is 0.385 e. The molecular weight excluding hydrogens is 388 g/mol. The first-order valence-electron chi connectivity index (χ1n) is 11.3. The van der Waals surface area contributed by atoms with E-state index < -0.39 is 0 Å². The predicted octanol–water partition coefficient (Wildman–Crippen LogP) is 5.74. The highest BCUT2D eigenvalue weighted by Crippen LogP contribution is 2.59. The summed E-state index contributed by atoms with van der Waals surface area (Å²) in [6.45, 7) is 2.20. The minimum Gasteiger partial charge on any atom is -0.426 e. The van der Waals surface area contributed by atoms with E-state index in [0.29, 0.717) is 35.0 Å². The molecule has 0 aliphatic heterocycles. The van der Waals surface area contributed by atoms with Gasteiger partial charge in [0.25, 0.3) is 0 Å². The molecule has 0 N–H and O–H groups in total. The third kappa shape index (κ3) is 3.44. The van der Waals surface area contributed by atoms with Crippen LogP contribution in [-0.2, 0) is 22.4 Å². The van der Waals surface area contributed by atoms with Gasteiger partial charge in [0, 0.05) is 24.0 Å². The number of carbonyl (C=O) groups excluding carboxylic acids is 2. The van der Waals surface area contributed by atoms with Crippen molar-refractivity contribution in [3.8, 4) is 5.75 Å². The number of benzene rings is 2. The van der Waals surface area contributed by atoms with Gasteiger partial charge in [-0.3, -0.25) is 9.59 Å². The number of aryl methyl sites for hydroxylation is 1. The Labute approximate surface area is 182 Å². The lowest BCUT2D eigenvalue weighted by atomic mass is 9.55. The number of hydrogen-bond acceptors (Lipinski definition) is 4. The van der Waals surface area contributed by atoms with E-state index in [1.165, 1.54) is 11.1 Å². The molecule has 2 fully saturated rings. The third-order valence-corrected chi connectivity index (χ3v) is 8.04. The topological polar surface area (TPSA) is 71.5 Å². The quantitative estimate of drug-likeness (QED) is 0.364. The molecule has 2 saturated carbocycles. The summed E-state index contributed by atoms with van der Waals surface area (Å²) in [5.41, 5.74) is 3.84. The van der Waals surface area contributed by atoms with E-state index in [4.69, 9.17) is 10.1 Å². The maximum atomic E-state index is 12.5. The molecule has 2 aromatic carbocycles. The van der Waals surface area contributed by atoms with Crippen molar-refractivity contribution in [2.24, 2.45) is 17.3 Å². The van der Waals surface area contributed by atoms with Crippen LogP contribution >= 0.6 is 0 Å². The van der Waals surface area contributed by atoms with Gasteiger partial charge in [-0.1, -0.05) is 25.1 Å². The highest BCUT2D eigenvalue weighted by molar-refractivity contribution is 5.87. The zero-order valence-corrected chi connectivity index (χ0v) is 17.8. The van der Waals surface area contributed by atoms with E-state index in [-0.39, 0.29) is 17.8 Å². The highest BCUT2D eigenvalue weighted by atomic mass is 16.5. The van der Waals surface area contributed by atoms with Gasteiger partial charge in [-0.05, 0) is 78.7 Å². The summed E-state index contributed by atoms with van der Waals surface area (Å²) in [5.74, 6) is 2.41.